The van der Waals surface area contributed by atoms with Crippen LogP contribution in [0.25, 0.3) is 0 Å². The summed E-state index contributed by atoms with van der Waals surface area (Å²) in [6.07, 6.45) is 3.75. The number of rotatable bonds is 3. The lowest BCUT2D eigenvalue weighted by Crippen LogP contribution is -2.57. The Hall–Kier alpha value is -3.52. The van der Waals surface area contributed by atoms with Gasteiger partial charge in [0.2, 0.25) is 5.91 Å². The summed E-state index contributed by atoms with van der Waals surface area (Å²) in [5, 5.41) is 6.13. The fourth-order valence-corrected chi connectivity index (χ4v) is 4.54. The van der Waals surface area contributed by atoms with Crippen molar-refractivity contribution in [2.75, 3.05) is 33.4 Å². The van der Waals surface area contributed by atoms with E-state index in [0.29, 0.717) is 37.4 Å². The molecule has 0 aromatic heterocycles. The van der Waals surface area contributed by atoms with Gasteiger partial charge in [-0.2, -0.15) is 0 Å². The van der Waals surface area contributed by atoms with Crippen LogP contribution in [0.3, 0.4) is 0 Å². The minimum atomic E-state index is -0.213. The molecule has 5 heterocycles. The predicted octanol–water partition coefficient (Wildman–Crippen LogP) is 3.24. The van der Waals surface area contributed by atoms with Crippen molar-refractivity contribution in [2.45, 2.75) is 51.8 Å². The van der Waals surface area contributed by atoms with Gasteiger partial charge in [-0.15, -0.1) is 0 Å². The largest absolute Gasteiger partial charge is 0.493 e. The van der Waals surface area contributed by atoms with E-state index in [9.17, 15) is 9.59 Å². The second-order valence-corrected chi connectivity index (χ2v) is 9.85. The van der Waals surface area contributed by atoms with Crippen LogP contribution in [0.15, 0.2) is 54.1 Å². The summed E-state index contributed by atoms with van der Waals surface area (Å²) in [4.78, 5) is 27.7. The van der Waals surface area contributed by atoms with E-state index in [4.69, 9.17) is 14.2 Å². The number of carbonyl (C=O) groups excluding carboxylic acids is 2. The minimum absolute atomic E-state index is 0.0200. The molecule has 4 bridgehead atoms. The summed E-state index contributed by atoms with van der Waals surface area (Å²) in [5.41, 5.74) is 3.23. The van der Waals surface area contributed by atoms with Gasteiger partial charge in [-0.1, -0.05) is 29.8 Å². The average molecular weight is 508 g/mol. The van der Waals surface area contributed by atoms with Crippen molar-refractivity contribution in [3.63, 3.8) is 0 Å². The lowest BCUT2D eigenvalue weighted by molar-refractivity contribution is -0.125. The molecule has 0 unspecified atom stereocenters. The van der Waals surface area contributed by atoms with Crippen LogP contribution >= 0.6 is 0 Å². The molecule has 7 rings (SSSR count). The third-order valence-electron chi connectivity index (χ3n) is 6.67. The van der Waals surface area contributed by atoms with Crippen LogP contribution in [0, 0.1) is 0 Å². The van der Waals surface area contributed by atoms with Crippen molar-refractivity contribution in [1.29, 1.82) is 0 Å². The van der Waals surface area contributed by atoms with Crippen molar-refractivity contribution < 1.29 is 23.8 Å². The number of likely N-dealkylation sites (tertiary alicyclic amines) is 1. The number of amides is 2. The van der Waals surface area contributed by atoms with Gasteiger partial charge in [-0.3, -0.25) is 14.5 Å². The van der Waals surface area contributed by atoms with Gasteiger partial charge in [-0.05, 0) is 62.1 Å². The van der Waals surface area contributed by atoms with Crippen LogP contribution in [0.2, 0.25) is 0 Å². The molecule has 2 aromatic carbocycles. The normalized spacial score (nSPS) is 21.1. The molecule has 8 nitrogen and oxygen atoms in total. The molecule has 1 fully saturated rings. The maximum Gasteiger partial charge on any atom is 0.258 e. The Balaban J connectivity index is 1.54. The molecule has 0 radical (unpaired) electrons. The number of allylic oxidation sites excluding steroid dienone is 1. The Morgan fingerprint density at radius 2 is 1.86 bits per heavy atom. The molecule has 2 amide bonds. The molecule has 0 saturated carbocycles. The van der Waals surface area contributed by atoms with Gasteiger partial charge in [-0.25, -0.2) is 0 Å². The SMILES string of the molecule is COc1cc2ccc1OCC(=O)N[C@@H]1CN(CC=C(C)C)CC[C@H]1Oc1ccc(cc1)CNC(=O)CC2. The summed E-state index contributed by atoms with van der Waals surface area (Å²) >= 11 is 0. The molecule has 2 atom stereocenters. The number of carbonyl (C=O) groups is 2. The Bertz CT molecular complexity index is 1110. The van der Waals surface area contributed by atoms with Gasteiger partial charge in [0, 0.05) is 32.6 Å². The Kier molecular flexibility index (Phi) is 9.06. The highest BCUT2D eigenvalue weighted by Gasteiger charge is 2.32. The summed E-state index contributed by atoms with van der Waals surface area (Å²) in [6, 6.07) is 13.1. The molecule has 5 aliphatic heterocycles. The Labute approximate surface area is 219 Å². The summed E-state index contributed by atoms with van der Waals surface area (Å²) in [6.45, 7) is 6.89. The van der Waals surface area contributed by atoms with Gasteiger partial charge in [0.05, 0.1) is 13.2 Å². The number of benzene rings is 2. The Morgan fingerprint density at radius 1 is 1.08 bits per heavy atom. The summed E-state index contributed by atoms with van der Waals surface area (Å²) in [7, 11) is 1.56. The first-order valence-electron chi connectivity index (χ1n) is 12.9. The molecule has 0 aliphatic carbocycles. The third-order valence-corrected chi connectivity index (χ3v) is 6.67. The molecule has 8 heteroatoms. The van der Waals surface area contributed by atoms with Crippen LogP contribution in [0.4, 0.5) is 0 Å². The van der Waals surface area contributed by atoms with E-state index in [1.807, 2.05) is 36.4 Å². The second kappa shape index (κ2) is 12.6. The van der Waals surface area contributed by atoms with Crippen LogP contribution in [-0.4, -0.2) is 62.2 Å². The predicted molar refractivity (Wildman–Crippen MR) is 142 cm³/mol. The highest BCUT2D eigenvalue weighted by molar-refractivity contribution is 5.78. The van der Waals surface area contributed by atoms with Crippen molar-refractivity contribution in [1.82, 2.24) is 15.5 Å². The zero-order valence-electron chi connectivity index (χ0n) is 21.9. The summed E-state index contributed by atoms with van der Waals surface area (Å²) < 4.78 is 17.6. The van der Waals surface area contributed by atoms with E-state index < -0.39 is 0 Å². The topological polar surface area (TPSA) is 89.1 Å². The van der Waals surface area contributed by atoms with Gasteiger partial charge in [0.15, 0.2) is 18.1 Å². The van der Waals surface area contributed by atoms with E-state index in [1.54, 1.807) is 13.2 Å². The molecule has 5 aliphatic rings. The van der Waals surface area contributed by atoms with E-state index in [-0.39, 0.29) is 30.6 Å². The standard InChI is InChI=1S/C29H37N3O5/c1-20(2)12-14-32-15-13-25-24(18-32)31-29(34)19-36-26-10-6-21(16-27(26)35-3)7-11-28(33)30-17-22-4-8-23(37-25)9-5-22/h4-6,8-10,12,16,24-25H,7,11,13-15,17-19H2,1-3H3,(H,30,33)(H,31,34)/t24-,25-/m1/s1. The quantitative estimate of drug-likeness (QED) is 0.620. The average Bonchev–Trinajstić information content (AvgIpc) is 2.90. The van der Waals surface area contributed by atoms with Crippen LogP contribution < -0.4 is 24.8 Å². The molecule has 198 valence electrons. The lowest BCUT2D eigenvalue weighted by atomic mass is 10.0. The first kappa shape index (κ1) is 26.5. The number of methoxy groups -OCH3 is 1. The number of ether oxygens (including phenoxy) is 3. The van der Waals surface area contributed by atoms with Gasteiger partial charge >= 0.3 is 0 Å². The fraction of sp³-hybridized carbons (Fsp3) is 0.448. The van der Waals surface area contributed by atoms with Gasteiger partial charge in [0.1, 0.15) is 11.9 Å². The number of nitrogens with one attached hydrogen (secondary N) is 2. The highest BCUT2D eigenvalue weighted by Crippen LogP contribution is 2.29. The molecule has 2 aromatic rings. The minimum Gasteiger partial charge on any atom is -0.493 e. The molecule has 2 N–H and O–H groups in total. The molecule has 37 heavy (non-hydrogen) atoms. The zero-order chi connectivity index (χ0) is 26.2. The fourth-order valence-electron chi connectivity index (χ4n) is 4.54. The molecule has 0 spiro atoms. The van der Waals surface area contributed by atoms with Crippen molar-refractivity contribution in [3.05, 3.63) is 65.2 Å². The number of nitrogens with zero attached hydrogens (tertiary/aromatic N) is 1. The van der Waals surface area contributed by atoms with E-state index in [1.165, 1.54) is 5.57 Å². The second-order valence-electron chi connectivity index (χ2n) is 9.85. The van der Waals surface area contributed by atoms with Crippen molar-refractivity contribution in [3.8, 4) is 17.2 Å². The number of hydrogen-bond acceptors (Lipinski definition) is 6. The van der Waals surface area contributed by atoms with Crippen LogP contribution in [-0.2, 0) is 22.6 Å². The maximum atomic E-state index is 12.9. The van der Waals surface area contributed by atoms with Crippen molar-refractivity contribution >= 4 is 11.8 Å². The monoisotopic (exact) mass is 507 g/mol. The summed E-state index contributed by atoms with van der Waals surface area (Å²) in [5.74, 6) is 1.53. The Morgan fingerprint density at radius 3 is 2.62 bits per heavy atom. The van der Waals surface area contributed by atoms with Gasteiger partial charge in [0.25, 0.3) is 5.91 Å². The van der Waals surface area contributed by atoms with E-state index >= 15 is 0 Å². The van der Waals surface area contributed by atoms with Crippen molar-refractivity contribution in [2.24, 2.45) is 0 Å². The zero-order valence-corrected chi connectivity index (χ0v) is 21.9. The van der Waals surface area contributed by atoms with Gasteiger partial charge < -0.3 is 24.8 Å². The molecular weight excluding hydrogens is 470 g/mol. The number of piperidine rings is 1. The molecular formula is C29H37N3O5. The first-order chi connectivity index (χ1) is 17.9. The maximum absolute atomic E-state index is 12.9. The molecule has 1 saturated heterocycles. The smallest absolute Gasteiger partial charge is 0.258 e. The number of hydrogen-bond donors (Lipinski definition) is 2. The van der Waals surface area contributed by atoms with Crippen LogP contribution in [0.5, 0.6) is 17.2 Å². The lowest BCUT2D eigenvalue weighted by Gasteiger charge is -2.38. The van der Waals surface area contributed by atoms with Crippen LogP contribution in [0.1, 0.15) is 37.8 Å². The van der Waals surface area contributed by atoms with E-state index in [0.717, 1.165) is 36.4 Å². The first-order valence-corrected chi connectivity index (χ1v) is 12.9. The number of aryl methyl sites for hydroxylation is 1. The van der Waals surface area contributed by atoms with E-state index in [2.05, 4.69) is 35.5 Å². The third kappa shape index (κ3) is 7.73. The highest BCUT2D eigenvalue weighted by atomic mass is 16.5.